The Balaban J connectivity index is 2.70. The number of methoxy groups -OCH3 is 1. The van der Waals surface area contributed by atoms with Gasteiger partial charge in [-0.15, -0.1) is 0 Å². The van der Waals surface area contributed by atoms with E-state index in [9.17, 15) is 4.79 Å². The Morgan fingerprint density at radius 1 is 1.15 bits per heavy atom. The van der Waals surface area contributed by atoms with Gasteiger partial charge in [0.25, 0.3) is 0 Å². The van der Waals surface area contributed by atoms with Crippen molar-refractivity contribution in [3.8, 4) is 0 Å². The standard InChI is InChI=1S/C15H29BO4/c1-7-8-9-10-12(11-13(17)18-6)16-19-14(2,3)15(4,5)20-16/h12H,7-11H2,1-6H3/t12-/m1/s1. The highest BCUT2D eigenvalue weighted by atomic mass is 16.7. The van der Waals surface area contributed by atoms with E-state index in [-0.39, 0.29) is 30.1 Å². The fraction of sp³-hybridized carbons (Fsp3) is 0.933. The lowest BCUT2D eigenvalue weighted by Crippen LogP contribution is -2.41. The first-order valence-electron chi connectivity index (χ1n) is 7.66. The summed E-state index contributed by atoms with van der Waals surface area (Å²) in [5.41, 5.74) is -0.701. The summed E-state index contributed by atoms with van der Waals surface area (Å²) in [7, 11) is 1.10. The zero-order valence-corrected chi connectivity index (χ0v) is 13.8. The Morgan fingerprint density at radius 2 is 1.70 bits per heavy atom. The summed E-state index contributed by atoms with van der Waals surface area (Å²) < 4.78 is 16.9. The van der Waals surface area contributed by atoms with Crippen LogP contribution in [-0.4, -0.2) is 31.4 Å². The minimum Gasteiger partial charge on any atom is -0.469 e. The average molecular weight is 284 g/mol. The van der Waals surface area contributed by atoms with Crippen molar-refractivity contribution in [3.63, 3.8) is 0 Å². The predicted octanol–water partition coefficient (Wildman–Crippen LogP) is 3.59. The summed E-state index contributed by atoms with van der Waals surface area (Å²) >= 11 is 0. The smallest absolute Gasteiger partial charge is 0.461 e. The summed E-state index contributed by atoms with van der Waals surface area (Å²) in [6.07, 6.45) is 4.70. The highest BCUT2D eigenvalue weighted by Gasteiger charge is 2.53. The van der Waals surface area contributed by atoms with Crippen molar-refractivity contribution in [1.82, 2.24) is 0 Å². The van der Waals surface area contributed by atoms with Gasteiger partial charge in [-0.05, 0) is 27.7 Å². The molecule has 20 heavy (non-hydrogen) atoms. The number of rotatable bonds is 7. The van der Waals surface area contributed by atoms with Crippen LogP contribution in [0.25, 0.3) is 0 Å². The number of hydrogen-bond acceptors (Lipinski definition) is 4. The molecule has 0 bridgehead atoms. The second-order valence-corrected chi connectivity index (χ2v) is 6.66. The molecule has 1 rings (SSSR count). The summed E-state index contributed by atoms with van der Waals surface area (Å²) in [6.45, 7) is 10.3. The fourth-order valence-electron chi connectivity index (χ4n) is 2.37. The van der Waals surface area contributed by atoms with Gasteiger partial charge in [0.05, 0.1) is 18.3 Å². The zero-order valence-electron chi connectivity index (χ0n) is 13.8. The van der Waals surface area contributed by atoms with Crippen LogP contribution in [0.4, 0.5) is 0 Å². The molecule has 0 spiro atoms. The molecular weight excluding hydrogens is 255 g/mol. The molecule has 116 valence electrons. The van der Waals surface area contributed by atoms with Gasteiger partial charge in [-0.1, -0.05) is 32.6 Å². The van der Waals surface area contributed by atoms with Crippen LogP contribution in [0.5, 0.6) is 0 Å². The molecule has 0 aliphatic carbocycles. The molecule has 1 aliphatic rings. The Morgan fingerprint density at radius 3 is 2.15 bits per heavy atom. The van der Waals surface area contributed by atoms with Gasteiger partial charge in [-0.2, -0.15) is 0 Å². The van der Waals surface area contributed by atoms with E-state index in [1.165, 1.54) is 7.11 Å². The normalized spacial score (nSPS) is 21.8. The maximum absolute atomic E-state index is 11.6. The van der Waals surface area contributed by atoms with Crippen molar-refractivity contribution >= 4 is 13.1 Å². The Labute approximate surface area is 123 Å². The molecule has 1 fully saturated rings. The van der Waals surface area contributed by atoms with E-state index in [4.69, 9.17) is 14.0 Å². The number of esters is 1. The van der Waals surface area contributed by atoms with Gasteiger partial charge in [0.2, 0.25) is 0 Å². The van der Waals surface area contributed by atoms with Gasteiger partial charge in [-0.3, -0.25) is 4.79 Å². The average Bonchev–Trinajstić information content (AvgIpc) is 2.57. The SMILES string of the molecule is CCCCC[C@H](CC(=O)OC)B1OC(C)(C)C(C)(C)O1. The quantitative estimate of drug-likeness (QED) is 0.407. The number of ether oxygens (including phenoxy) is 1. The van der Waals surface area contributed by atoms with Crippen LogP contribution in [-0.2, 0) is 18.8 Å². The Hall–Kier alpha value is -0.545. The van der Waals surface area contributed by atoms with Gasteiger partial charge < -0.3 is 14.0 Å². The van der Waals surface area contributed by atoms with E-state index in [0.29, 0.717) is 6.42 Å². The van der Waals surface area contributed by atoms with E-state index in [2.05, 4.69) is 6.92 Å². The summed E-state index contributed by atoms with van der Waals surface area (Å²) in [5.74, 6) is -0.128. The van der Waals surface area contributed by atoms with Crippen LogP contribution in [0.15, 0.2) is 0 Å². The van der Waals surface area contributed by atoms with Crippen LogP contribution >= 0.6 is 0 Å². The highest BCUT2D eigenvalue weighted by Crippen LogP contribution is 2.42. The Bertz CT molecular complexity index is 312. The largest absolute Gasteiger partial charge is 0.469 e. The van der Waals surface area contributed by atoms with Gasteiger partial charge in [0.15, 0.2) is 0 Å². The van der Waals surface area contributed by atoms with Gasteiger partial charge in [0, 0.05) is 12.2 Å². The van der Waals surface area contributed by atoms with E-state index in [1.54, 1.807) is 0 Å². The Kier molecular flexibility index (Phi) is 6.08. The maximum atomic E-state index is 11.6. The van der Waals surface area contributed by atoms with Crippen molar-refractivity contribution in [3.05, 3.63) is 0 Å². The minimum atomic E-state index is -0.350. The van der Waals surface area contributed by atoms with E-state index < -0.39 is 0 Å². The molecule has 0 aromatic rings. The van der Waals surface area contributed by atoms with E-state index in [0.717, 1.165) is 25.7 Å². The molecule has 1 atom stereocenters. The monoisotopic (exact) mass is 284 g/mol. The maximum Gasteiger partial charge on any atom is 0.461 e. The van der Waals surface area contributed by atoms with Crippen LogP contribution in [0.1, 0.15) is 66.7 Å². The molecule has 1 saturated heterocycles. The summed E-state index contributed by atoms with van der Waals surface area (Å²) in [4.78, 5) is 11.6. The fourth-order valence-corrected chi connectivity index (χ4v) is 2.37. The van der Waals surface area contributed by atoms with Crippen LogP contribution in [0.2, 0.25) is 5.82 Å². The van der Waals surface area contributed by atoms with E-state index in [1.807, 2.05) is 27.7 Å². The second kappa shape index (κ2) is 6.94. The van der Waals surface area contributed by atoms with Crippen LogP contribution < -0.4 is 0 Å². The lowest BCUT2D eigenvalue weighted by atomic mass is 9.67. The van der Waals surface area contributed by atoms with E-state index >= 15 is 0 Å². The third-order valence-electron chi connectivity index (χ3n) is 4.49. The molecule has 0 unspecified atom stereocenters. The zero-order chi connectivity index (χ0) is 15.4. The first-order chi connectivity index (χ1) is 9.23. The topological polar surface area (TPSA) is 44.8 Å². The van der Waals surface area contributed by atoms with Crippen molar-refractivity contribution in [2.75, 3.05) is 7.11 Å². The van der Waals surface area contributed by atoms with Crippen LogP contribution in [0.3, 0.4) is 0 Å². The molecule has 0 radical (unpaired) electrons. The van der Waals surface area contributed by atoms with Crippen LogP contribution in [0, 0.1) is 0 Å². The third-order valence-corrected chi connectivity index (χ3v) is 4.49. The van der Waals surface area contributed by atoms with Crippen molar-refractivity contribution in [2.24, 2.45) is 0 Å². The first kappa shape index (κ1) is 17.5. The number of unbranched alkanes of at least 4 members (excludes halogenated alkanes) is 2. The highest BCUT2D eigenvalue weighted by molar-refractivity contribution is 6.47. The lowest BCUT2D eigenvalue weighted by Gasteiger charge is -2.32. The first-order valence-corrected chi connectivity index (χ1v) is 7.66. The molecule has 1 heterocycles. The summed E-state index contributed by atoms with van der Waals surface area (Å²) in [5, 5.41) is 0. The van der Waals surface area contributed by atoms with Gasteiger partial charge in [-0.25, -0.2) is 0 Å². The predicted molar refractivity (Wildman–Crippen MR) is 80.6 cm³/mol. The molecule has 0 saturated carbocycles. The third kappa shape index (κ3) is 4.22. The minimum absolute atomic E-state index is 0.0649. The molecule has 0 aromatic heterocycles. The molecule has 0 aromatic carbocycles. The van der Waals surface area contributed by atoms with Crippen molar-refractivity contribution in [1.29, 1.82) is 0 Å². The van der Waals surface area contributed by atoms with Crippen molar-refractivity contribution in [2.45, 2.75) is 83.7 Å². The molecule has 1 aliphatic heterocycles. The number of carbonyl (C=O) groups is 1. The van der Waals surface area contributed by atoms with Crippen molar-refractivity contribution < 1.29 is 18.8 Å². The molecule has 5 heteroatoms. The second-order valence-electron chi connectivity index (χ2n) is 6.66. The molecule has 0 N–H and O–H groups in total. The lowest BCUT2D eigenvalue weighted by molar-refractivity contribution is -0.140. The van der Waals surface area contributed by atoms with Gasteiger partial charge in [0.1, 0.15) is 0 Å². The summed E-state index contributed by atoms with van der Waals surface area (Å²) in [6, 6.07) is 0. The number of hydrogen-bond donors (Lipinski definition) is 0. The molecule has 0 amide bonds. The van der Waals surface area contributed by atoms with Gasteiger partial charge >= 0.3 is 13.1 Å². The molecular formula is C15H29BO4. The number of carbonyl (C=O) groups excluding carboxylic acids is 1. The molecule has 4 nitrogen and oxygen atoms in total.